The molecule has 3 amide bonds. The Labute approximate surface area is 122 Å². The average Bonchev–Trinajstić information content (AvgIpc) is 2.40. The fourth-order valence-electron chi connectivity index (χ4n) is 1.93. The van der Waals surface area contributed by atoms with Crippen LogP contribution in [-0.2, 0) is 19.2 Å². The molecule has 0 aliphatic carbocycles. The fourth-order valence-corrected chi connectivity index (χ4v) is 1.93. The van der Waals surface area contributed by atoms with Crippen LogP contribution in [0.5, 0.6) is 0 Å². The van der Waals surface area contributed by atoms with Gasteiger partial charge in [-0.3, -0.25) is 19.7 Å². The summed E-state index contributed by atoms with van der Waals surface area (Å²) in [6, 6.07) is -0.461. The van der Waals surface area contributed by atoms with Crippen molar-refractivity contribution in [3.05, 3.63) is 0 Å². The van der Waals surface area contributed by atoms with Gasteiger partial charge in [0.05, 0.1) is 6.54 Å². The number of carbonyl (C=O) groups excluding carboxylic acids is 3. The summed E-state index contributed by atoms with van der Waals surface area (Å²) < 4.78 is 31.7. The highest BCUT2D eigenvalue weighted by atomic mass is 19.4. The second kappa shape index (κ2) is 7.20. The predicted octanol–water partition coefficient (Wildman–Crippen LogP) is -1.14. The van der Waals surface area contributed by atoms with Crippen LogP contribution in [0.1, 0.15) is 12.8 Å². The zero-order valence-electron chi connectivity index (χ0n) is 11.3. The molecule has 0 saturated carbocycles. The van der Waals surface area contributed by atoms with E-state index in [0.717, 1.165) is 0 Å². The zero-order valence-corrected chi connectivity index (χ0v) is 11.3. The Morgan fingerprint density at radius 2 is 1.86 bits per heavy atom. The van der Waals surface area contributed by atoms with E-state index >= 15 is 0 Å². The summed E-state index contributed by atoms with van der Waals surface area (Å²) in [5.41, 5.74) is 0. The standard InChI is InChI=1S/C9H13N3O3.C2HF3O2/c13-7-2-1-6(9(15)11-7)12-4-3-10-5-8(12)14;3-2(4,5)1(6)7/h6,10H,1-5H2,(H,11,13,15);(H,6,7). The SMILES string of the molecule is O=C(O)C(F)(F)F.O=C1CCC(N2CCNCC2=O)C(=O)N1. The third-order valence-corrected chi connectivity index (χ3v) is 2.95. The maximum atomic E-state index is 11.5. The summed E-state index contributed by atoms with van der Waals surface area (Å²) in [7, 11) is 0. The van der Waals surface area contributed by atoms with E-state index in [1.165, 1.54) is 0 Å². The van der Waals surface area contributed by atoms with Gasteiger partial charge in [-0.1, -0.05) is 0 Å². The molecular weight excluding hydrogens is 311 g/mol. The Hall–Kier alpha value is -2.17. The van der Waals surface area contributed by atoms with Gasteiger partial charge in [0.1, 0.15) is 6.04 Å². The van der Waals surface area contributed by atoms with Gasteiger partial charge in [0.25, 0.3) is 0 Å². The number of halogens is 3. The molecule has 8 nitrogen and oxygen atoms in total. The summed E-state index contributed by atoms with van der Waals surface area (Å²) in [6.45, 7) is 1.51. The van der Waals surface area contributed by atoms with Crippen molar-refractivity contribution in [2.75, 3.05) is 19.6 Å². The Kier molecular flexibility index (Phi) is 5.85. The first-order valence-electron chi connectivity index (χ1n) is 6.27. The minimum atomic E-state index is -5.08. The second-order valence-electron chi connectivity index (χ2n) is 4.53. The summed E-state index contributed by atoms with van der Waals surface area (Å²) >= 11 is 0. The van der Waals surface area contributed by atoms with Gasteiger partial charge < -0.3 is 15.3 Å². The van der Waals surface area contributed by atoms with Gasteiger partial charge in [-0.05, 0) is 6.42 Å². The normalized spacial score (nSPS) is 22.6. The summed E-state index contributed by atoms with van der Waals surface area (Å²) in [5.74, 6) is -3.43. The number of hydrogen-bond donors (Lipinski definition) is 3. The van der Waals surface area contributed by atoms with Crippen LogP contribution in [0.2, 0.25) is 0 Å². The summed E-state index contributed by atoms with van der Waals surface area (Å²) in [6.07, 6.45) is -4.33. The van der Waals surface area contributed by atoms with Crippen molar-refractivity contribution in [2.24, 2.45) is 0 Å². The molecule has 2 heterocycles. The van der Waals surface area contributed by atoms with E-state index in [4.69, 9.17) is 9.90 Å². The fraction of sp³-hybridized carbons (Fsp3) is 0.636. The van der Waals surface area contributed by atoms with Crippen LogP contribution in [0.4, 0.5) is 13.2 Å². The Morgan fingerprint density at radius 3 is 2.32 bits per heavy atom. The van der Waals surface area contributed by atoms with Crippen LogP contribution in [0.15, 0.2) is 0 Å². The van der Waals surface area contributed by atoms with Crippen LogP contribution in [0, 0.1) is 0 Å². The number of amides is 3. The largest absolute Gasteiger partial charge is 0.490 e. The van der Waals surface area contributed by atoms with Crippen molar-refractivity contribution < 1.29 is 37.5 Å². The minimum absolute atomic E-state index is 0.0734. The number of piperazine rings is 1. The molecule has 2 rings (SSSR count). The summed E-state index contributed by atoms with van der Waals surface area (Å²) in [4.78, 5) is 44.4. The molecule has 124 valence electrons. The van der Waals surface area contributed by atoms with Gasteiger partial charge in [-0.15, -0.1) is 0 Å². The first-order valence-corrected chi connectivity index (χ1v) is 6.27. The van der Waals surface area contributed by atoms with Crippen molar-refractivity contribution in [2.45, 2.75) is 25.1 Å². The van der Waals surface area contributed by atoms with E-state index in [1.54, 1.807) is 4.90 Å². The molecule has 2 saturated heterocycles. The van der Waals surface area contributed by atoms with E-state index in [2.05, 4.69) is 10.6 Å². The van der Waals surface area contributed by atoms with E-state index < -0.39 is 18.2 Å². The van der Waals surface area contributed by atoms with Crippen molar-refractivity contribution >= 4 is 23.7 Å². The molecule has 11 heteroatoms. The molecule has 3 N–H and O–H groups in total. The summed E-state index contributed by atoms with van der Waals surface area (Å²) in [5, 5.41) is 12.3. The molecular formula is C11H14F3N3O5. The third-order valence-electron chi connectivity index (χ3n) is 2.95. The zero-order chi connectivity index (χ0) is 16.9. The van der Waals surface area contributed by atoms with Crippen LogP contribution in [-0.4, -0.2) is 65.5 Å². The number of piperidine rings is 1. The van der Waals surface area contributed by atoms with E-state index in [-0.39, 0.29) is 24.3 Å². The molecule has 0 aromatic heterocycles. The number of carbonyl (C=O) groups is 4. The quantitative estimate of drug-likeness (QED) is 0.525. The lowest BCUT2D eigenvalue weighted by Crippen LogP contribution is -2.59. The van der Waals surface area contributed by atoms with Crippen molar-refractivity contribution in [3.8, 4) is 0 Å². The molecule has 0 aromatic carbocycles. The number of aliphatic carboxylic acids is 1. The van der Waals surface area contributed by atoms with Crippen molar-refractivity contribution in [1.82, 2.24) is 15.5 Å². The Bertz CT molecular complexity index is 480. The lowest BCUT2D eigenvalue weighted by molar-refractivity contribution is -0.192. The molecule has 2 aliphatic rings. The molecule has 0 radical (unpaired) electrons. The second-order valence-corrected chi connectivity index (χ2v) is 4.53. The highest BCUT2D eigenvalue weighted by molar-refractivity contribution is 6.01. The first kappa shape index (κ1) is 17.9. The van der Waals surface area contributed by atoms with Gasteiger partial charge in [0, 0.05) is 19.5 Å². The molecule has 0 spiro atoms. The van der Waals surface area contributed by atoms with Gasteiger partial charge in [0.2, 0.25) is 17.7 Å². The van der Waals surface area contributed by atoms with Crippen LogP contribution in [0.25, 0.3) is 0 Å². The highest BCUT2D eigenvalue weighted by Gasteiger charge is 2.38. The maximum Gasteiger partial charge on any atom is 0.490 e. The first-order chi connectivity index (χ1) is 10.1. The lowest BCUT2D eigenvalue weighted by Gasteiger charge is -2.35. The molecule has 0 aromatic rings. The third kappa shape index (κ3) is 4.98. The number of alkyl halides is 3. The molecule has 2 aliphatic heterocycles. The number of carboxylic acids is 1. The number of imide groups is 1. The van der Waals surface area contributed by atoms with Crippen LogP contribution < -0.4 is 10.6 Å². The lowest BCUT2D eigenvalue weighted by atomic mass is 10.0. The number of nitrogens with one attached hydrogen (secondary N) is 2. The van der Waals surface area contributed by atoms with Gasteiger partial charge in [-0.2, -0.15) is 13.2 Å². The van der Waals surface area contributed by atoms with Gasteiger partial charge >= 0.3 is 12.1 Å². The van der Waals surface area contributed by atoms with E-state index in [0.29, 0.717) is 25.9 Å². The number of nitrogens with zero attached hydrogens (tertiary/aromatic N) is 1. The van der Waals surface area contributed by atoms with E-state index in [9.17, 15) is 27.6 Å². The minimum Gasteiger partial charge on any atom is -0.475 e. The number of hydrogen-bond acceptors (Lipinski definition) is 5. The van der Waals surface area contributed by atoms with Crippen molar-refractivity contribution in [1.29, 1.82) is 0 Å². The van der Waals surface area contributed by atoms with Gasteiger partial charge in [0.15, 0.2) is 0 Å². The van der Waals surface area contributed by atoms with E-state index in [1.807, 2.05) is 0 Å². The molecule has 1 atom stereocenters. The highest BCUT2D eigenvalue weighted by Crippen LogP contribution is 2.13. The topological polar surface area (TPSA) is 116 Å². The predicted molar refractivity (Wildman–Crippen MR) is 64.4 cm³/mol. The maximum absolute atomic E-state index is 11.5. The van der Waals surface area contributed by atoms with Crippen LogP contribution >= 0.6 is 0 Å². The molecule has 22 heavy (non-hydrogen) atoms. The van der Waals surface area contributed by atoms with Crippen molar-refractivity contribution in [3.63, 3.8) is 0 Å². The number of carboxylic acid groups (broad SMARTS) is 1. The average molecular weight is 325 g/mol. The van der Waals surface area contributed by atoms with Gasteiger partial charge in [-0.25, -0.2) is 4.79 Å². The molecule has 1 unspecified atom stereocenters. The smallest absolute Gasteiger partial charge is 0.475 e. The Morgan fingerprint density at radius 1 is 1.27 bits per heavy atom. The Balaban J connectivity index is 0.000000295. The number of rotatable bonds is 1. The molecule has 2 fully saturated rings. The monoisotopic (exact) mass is 325 g/mol. The van der Waals surface area contributed by atoms with Crippen LogP contribution in [0.3, 0.4) is 0 Å². The molecule has 0 bridgehead atoms.